The molecule has 1 aliphatic heterocycles. The molecule has 0 bridgehead atoms. The molecule has 0 aliphatic carbocycles. The lowest BCUT2D eigenvalue weighted by Gasteiger charge is -2.40. The minimum Gasteiger partial charge on any atom is -0.369 e. The first-order chi connectivity index (χ1) is 13.4. The van der Waals surface area contributed by atoms with E-state index in [-0.39, 0.29) is 23.9 Å². The van der Waals surface area contributed by atoms with Crippen LogP contribution in [0.3, 0.4) is 0 Å². The van der Waals surface area contributed by atoms with Crippen molar-refractivity contribution in [3.8, 4) is 0 Å². The second-order valence-corrected chi connectivity index (χ2v) is 7.64. The summed E-state index contributed by atoms with van der Waals surface area (Å²) in [7, 11) is 0. The number of anilines is 2. The lowest BCUT2D eigenvalue weighted by molar-refractivity contribution is -0.117. The molecule has 9 nitrogen and oxygen atoms in total. The number of hydrogen-bond acceptors (Lipinski definition) is 6. The zero-order valence-electron chi connectivity index (χ0n) is 16.2. The Bertz CT molecular complexity index is 1080. The van der Waals surface area contributed by atoms with Crippen LogP contribution in [0, 0.1) is 5.92 Å². The van der Waals surface area contributed by atoms with Gasteiger partial charge in [0, 0.05) is 25.4 Å². The summed E-state index contributed by atoms with van der Waals surface area (Å²) in [4.78, 5) is 27.2. The van der Waals surface area contributed by atoms with Crippen LogP contribution >= 0.6 is 0 Å². The van der Waals surface area contributed by atoms with Crippen LogP contribution < -0.4 is 15.8 Å². The number of nitrogens with zero attached hydrogens (tertiary/aromatic N) is 6. The second kappa shape index (κ2) is 7.06. The van der Waals surface area contributed by atoms with Gasteiger partial charge in [0.15, 0.2) is 5.65 Å². The Labute approximate surface area is 162 Å². The standard InChI is InChI=1S/C19H23N7O2/c1-12(2)19-15(24-7-13(3)8-24)6-18(28)26(23-19)10-17(27)21-14-4-5-16-22-20-11-25(16)9-14/h4-6,9,11-13H,7-8,10H2,1-3H3,(H,21,27). The molecular formula is C19H23N7O2. The van der Waals surface area contributed by atoms with E-state index < -0.39 is 0 Å². The maximum atomic E-state index is 12.5. The lowest BCUT2D eigenvalue weighted by Crippen LogP contribution is -2.46. The number of hydrogen-bond donors (Lipinski definition) is 1. The quantitative estimate of drug-likeness (QED) is 0.719. The van der Waals surface area contributed by atoms with E-state index in [4.69, 9.17) is 0 Å². The molecule has 1 saturated heterocycles. The lowest BCUT2D eigenvalue weighted by atomic mass is 9.99. The molecule has 4 heterocycles. The van der Waals surface area contributed by atoms with Gasteiger partial charge in [0.05, 0.1) is 17.1 Å². The van der Waals surface area contributed by atoms with Crippen LogP contribution in [-0.2, 0) is 11.3 Å². The molecule has 0 atom stereocenters. The van der Waals surface area contributed by atoms with Gasteiger partial charge in [0.2, 0.25) is 5.91 Å². The fourth-order valence-electron chi connectivity index (χ4n) is 3.41. The number of fused-ring (bicyclic) bond motifs is 1. The van der Waals surface area contributed by atoms with Gasteiger partial charge >= 0.3 is 0 Å². The van der Waals surface area contributed by atoms with E-state index in [1.54, 1.807) is 35.1 Å². The molecule has 0 aromatic carbocycles. The highest BCUT2D eigenvalue weighted by Crippen LogP contribution is 2.29. The van der Waals surface area contributed by atoms with Crippen LogP contribution in [0.25, 0.3) is 5.65 Å². The third kappa shape index (κ3) is 3.47. The van der Waals surface area contributed by atoms with Crippen molar-refractivity contribution in [3.63, 3.8) is 0 Å². The van der Waals surface area contributed by atoms with Crippen LogP contribution in [0.15, 0.2) is 35.5 Å². The van der Waals surface area contributed by atoms with Gasteiger partial charge in [-0.05, 0) is 24.0 Å². The first-order valence-electron chi connectivity index (χ1n) is 9.37. The van der Waals surface area contributed by atoms with Gasteiger partial charge in [-0.1, -0.05) is 20.8 Å². The van der Waals surface area contributed by atoms with Crippen molar-refractivity contribution in [1.29, 1.82) is 0 Å². The van der Waals surface area contributed by atoms with E-state index >= 15 is 0 Å². The molecule has 0 saturated carbocycles. The van der Waals surface area contributed by atoms with Crippen LogP contribution in [0.1, 0.15) is 32.4 Å². The molecule has 146 valence electrons. The van der Waals surface area contributed by atoms with Gasteiger partial charge in [-0.25, -0.2) is 4.68 Å². The van der Waals surface area contributed by atoms with Crippen LogP contribution in [0.5, 0.6) is 0 Å². The van der Waals surface area contributed by atoms with Gasteiger partial charge in [0.1, 0.15) is 12.9 Å². The molecule has 1 fully saturated rings. The monoisotopic (exact) mass is 381 g/mol. The van der Waals surface area contributed by atoms with Gasteiger partial charge in [-0.15, -0.1) is 10.2 Å². The topological polar surface area (TPSA) is 97.4 Å². The number of amides is 1. The Morgan fingerprint density at radius 3 is 2.82 bits per heavy atom. The molecule has 3 aromatic heterocycles. The summed E-state index contributed by atoms with van der Waals surface area (Å²) < 4.78 is 2.94. The van der Waals surface area contributed by atoms with Gasteiger partial charge in [-0.2, -0.15) is 5.10 Å². The van der Waals surface area contributed by atoms with Crippen LogP contribution in [0.2, 0.25) is 0 Å². The van der Waals surface area contributed by atoms with E-state index in [0.29, 0.717) is 17.3 Å². The molecular weight excluding hydrogens is 358 g/mol. The zero-order valence-corrected chi connectivity index (χ0v) is 16.2. The predicted octanol–water partition coefficient (Wildman–Crippen LogP) is 1.50. The zero-order chi connectivity index (χ0) is 19.8. The van der Waals surface area contributed by atoms with Crippen molar-refractivity contribution in [2.24, 2.45) is 5.92 Å². The van der Waals surface area contributed by atoms with Crippen LogP contribution in [-0.4, -0.2) is 43.4 Å². The summed E-state index contributed by atoms with van der Waals surface area (Å²) >= 11 is 0. The average molecular weight is 381 g/mol. The minimum atomic E-state index is -0.318. The maximum Gasteiger partial charge on any atom is 0.269 e. The second-order valence-electron chi connectivity index (χ2n) is 7.64. The Hall–Kier alpha value is -3.23. The summed E-state index contributed by atoms with van der Waals surface area (Å²) in [5.74, 6) is 0.454. The molecule has 1 N–H and O–H groups in total. The maximum absolute atomic E-state index is 12.5. The fourth-order valence-corrected chi connectivity index (χ4v) is 3.41. The van der Waals surface area contributed by atoms with Crippen molar-refractivity contribution in [2.45, 2.75) is 33.2 Å². The summed E-state index contributed by atoms with van der Waals surface area (Å²) in [6, 6.07) is 5.10. The molecule has 0 unspecified atom stereocenters. The van der Waals surface area contributed by atoms with Crippen molar-refractivity contribution in [3.05, 3.63) is 46.8 Å². The molecule has 0 spiro atoms. The Morgan fingerprint density at radius 2 is 2.11 bits per heavy atom. The number of aromatic nitrogens is 5. The molecule has 0 radical (unpaired) electrons. The van der Waals surface area contributed by atoms with E-state index in [9.17, 15) is 9.59 Å². The number of nitrogens with one attached hydrogen (secondary N) is 1. The molecule has 28 heavy (non-hydrogen) atoms. The van der Waals surface area contributed by atoms with Crippen molar-refractivity contribution in [1.82, 2.24) is 24.4 Å². The number of carbonyl (C=O) groups is 1. The Balaban J connectivity index is 1.54. The Morgan fingerprint density at radius 1 is 1.32 bits per heavy atom. The first kappa shape index (κ1) is 18.1. The highest BCUT2D eigenvalue weighted by atomic mass is 16.2. The summed E-state index contributed by atoms with van der Waals surface area (Å²) in [6.07, 6.45) is 3.28. The van der Waals surface area contributed by atoms with E-state index in [1.165, 1.54) is 4.68 Å². The van der Waals surface area contributed by atoms with Gasteiger partial charge in [0.25, 0.3) is 5.56 Å². The van der Waals surface area contributed by atoms with E-state index in [0.717, 1.165) is 24.5 Å². The summed E-state index contributed by atoms with van der Waals surface area (Å²) in [6.45, 7) is 7.97. The van der Waals surface area contributed by atoms with Gasteiger partial charge < -0.3 is 10.2 Å². The third-order valence-electron chi connectivity index (χ3n) is 4.83. The molecule has 3 aromatic rings. The fraction of sp³-hybridized carbons (Fsp3) is 0.421. The third-order valence-corrected chi connectivity index (χ3v) is 4.83. The smallest absolute Gasteiger partial charge is 0.269 e. The summed E-state index contributed by atoms with van der Waals surface area (Å²) in [5, 5.41) is 15.0. The van der Waals surface area contributed by atoms with Crippen molar-refractivity contribution < 1.29 is 4.79 Å². The number of pyridine rings is 1. The van der Waals surface area contributed by atoms with Crippen molar-refractivity contribution >= 4 is 22.9 Å². The SMILES string of the molecule is CC1CN(c2cc(=O)n(CC(=O)Nc3ccc4nncn4c3)nc2C(C)C)C1. The normalized spacial score (nSPS) is 14.5. The largest absolute Gasteiger partial charge is 0.369 e. The average Bonchev–Trinajstić information content (AvgIpc) is 3.08. The molecule has 1 amide bonds. The van der Waals surface area contributed by atoms with E-state index in [1.807, 2.05) is 13.8 Å². The summed E-state index contributed by atoms with van der Waals surface area (Å²) in [5.41, 5.74) is 2.73. The number of rotatable bonds is 5. The highest BCUT2D eigenvalue weighted by molar-refractivity contribution is 5.90. The highest BCUT2D eigenvalue weighted by Gasteiger charge is 2.27. The van der Waals surface area contributed by atoms with Crippen molar-refractivity contribution in [2.75, 3.05) is 23.3 Å². The van der Waals surface area contributed by atoms with Gasteiger partial charge in [-0.3, -0.25) is 14.0 Å². The minimum absolute atomic E-state index is 0.143. The first-order valence-corrected chi connectivity index (χ1v) is 9.37. The van der Waals surface area contributed by atoms with Crippen LogP contribution in [0.4, 0.5) is 11.4 Å². The Kier molecular flexibility index (Phi) is 4.58. The number of carbonyl (C=O) groups excluding carboxylic acids is 1. The predicted molar refractivity (Wildman–Crippen MR) is 106 cm³/mol. The molecule has 1 aliphatic rings. The molecule has 9 heteroatoms. The van der Waals surface area contributed by atoms with E-state index in [2.05, 4.69) is 32.4 Å². The molecule has 4 rings (SSSR count).